The Balaban J connectivity index is 1.62. The molecule has 0 unspecified atom stereocenters. The number of amides is 2. The van der Waals surface area contributed by atoms with Crippen molar-refractivity contribution in [2.45, 2.75) is 38.0 Å². The van der Waals surface area contributed by atoms with Gasteiger partial charge in [-0.1, -0.05) is 49.0 Å². The smallest absolute Gasteiger partial charge is 0.240 e. The van der Waals surface area contributed by atoms with Crippen molar-refractivity contribution >= 4 is 45.2 Å². The van der Waals surface area contributed by atoms with Crippen molar-refractivity contribution in [2.75, 3.05) is 5.32 Å². The first kappa shape index (κ1) is 17.5. The van der Waals surface area contributed by atoms with Gasteiger partial charge in [0.15, 0.2) is 5.17 Å². The van der Waals surface area contributed by atoms with E-state index in [-0.39, 0.29) is 24.3 Å². The maximum absolute atomic E-state index is 12.3. The van der Waals surface area contributed by atoms with Gasteiger partial charge in [-0.05, 0) is 36.2 Å². The number of rotatable bonds is 5. The highest BCUT2D eigenvalue weighted by Crippen LogP contribution is 2.24. The highest BCUT2D eigenvalue weighted by Gasteiger charge is 2.32. The Morgan fingerprint density at radius 2 is 2.04 bits per heavy atom. The van der Waals surface area contributed by atoms with Crippen LogP contribution in [0.3, 0.4) is 0 Å². The van der Waals surface area contributed by atoms with Crippen LogP contribution in [0.1, 0.15) is 26.7 Å². The van der Waals surface area contributed by atoms with E-state index in [0.29, 0.717) is 5.17 Å². The highest BCUT2D eigenvalue weighted by molar-refractivity contribution is 8.15. The molecule has 1 aliphatic heterocycles. The predicted octanol–water partition coefficient (Wildman–Crippen LogP) is 3.55. The van der Waals surface area contributed by atoms with Gasteiger partial charge in [0.25, 0.3) is 0 Å². The molecule has 6 heteroatoms. The lowest BCUT2D eigenvalue weighted by Crippen LogP contribution is -2.28. The molecule has 0 aromatic heterocycles. The Hall–Kier alpha value is -2.34. The Morgan fingerprint density at radius 3 is 2.80 bits per heavy atom. The van der Waals surface area contributed by atoms with Crippen LogP contribution >= 0.6 is 11.8 Å². The predicted molar refractivity (Wildman–Crippen MR) is 104 cm³/mol. The summed E-state index contributed by atoms with van der Waals surface area (Å²) in [6.07, 6.45) is 1.04. The van der Waals surface area contributed by atoms with E-state index < -0.39 is 5.25 Å². The molecule has 0 saturated carbocycles. The van der Waals surface area contributed by atoms with Crippen molar-refractivity contribution in [3.05, 3.63) is 42.5 Å². The van der Waals surface area contributed by atoms with Gasteiger partial charge in [-0.15, -0.1) is 0 Å². The fraction of sp³-hybridized carbons (Fsp3) is 0.316. The minimum Gasteiger partial charge on any atom is -0.326 e. The zero-order valence-corrected chi connectivity index (χ0v) is 15.1. The molecule has 0 bridgehead atoms. The summed E-state index contributed by atoms with van der Waals surface area (Å²) in [5.41, 5.74) is 0.737. The van der Waals surface area contributed by atoms with Crippen LogP contribution < -0.4 is 10.6 Å². The maximum Gasteiger partial charge on any atom is 0.240 e. The van der Waals surface area contributed by atoms with E-state index in [4.69, 9.17) is 0 Å². The largest absolute Gasteiger partial charge is 0.326 e. The quantitative estimate of drug-likeness (QED) is 0.861. The second-order valence-electron chi connectivity index (χ2n) is 6.10. The van der Waals surface area contributed by atoms with Gasteiger partial charge in [-0.2, -0.15) is 0 Å². The van der Waals surface area contributed by atoms with Gasteiger partial charge in [0.1, 0.15) is 5.25 Å². The number of fused-ring (bicyclic) bond motifs is 1. The van der Waals surface area contributed by atoms with Crippen LogP contribution in [0.25, 0.3) is 10.8 Å². The van der Waals surface area contributed by atoms with Crippen LogP contribution in [0.2, 0.25) is 0 Å². The summed E-state index contributed by atoms with van der Waals surface area (Å²) in [6, 6.07) is 13.9. The molecule has 25 heavy (non-hydrogen) atoms. The molecule has 0 radical (unpaired) electrons. The molecule has 2 aromatic carbocycles. The van der Waals surface area contributed by atoms with E-state index >= 15 is 0 Å². The third kappa shape index (κ3) is 4.39. The zero-order valence-electron chi connectivity index (χ0n) is 14.3. The van der Waals surface area contributed by atoms with Crippen LogP contribution in [0.4, 0.5) is 5.69 Å². The third-order valence-electron chi connectivity index (χ3n) is 4.11. The summed E-state index contributed by atoms with van der Waals surface area (Å²) in [5, 5.41) is 8.01. The number of carbonyl (C=O) groups excluding carboxylic acids is 2. The standard InChI is InChI=1S/C19H21N3O2S/c1-3-12(2)20-19-22-18(24)16(25-19)11-17(23)21-15-9-8-13-6-4-5-7-14(13)10-15/h4-10,12,16H,3,11H2,1-2H3,(H,21,23)(H,20,22,24)/t12-,16+/m0/s1. The second kappa shape index (κ2) is 7.70. The summed E-state index contributed by atoms with van der Waals surface area (Å²) in [6.45, 7) is 4.05. The molecule has 1 heterocycles. The molecular formula is C19H21N3O2S. The van der Waals surface area contributed by atoms with Gasteiger partial charge in [0, 0.05) is 18.2 Å². The van der Waals surface area contributed by atoms with Crippen molar-refractivity contribution in [1.29, 1.82) is 0 Å². The summed E-state index contributed by atoms with van der Waals surface area (Å²) in [7, 11) is 0. The van der Waals surface area contributed by atoms with Gasteiger partial charge >= 0.3 is 0 Å². The molecule has 1 saturated heterocycles. The van der Waals surface area contributed by atoms with Crippen molar-refractivity contribution in [3.63, 3.8) is 0 Å². The molecule has 3 rings (SSSR count). The zero-order chi connectivity index (χ0) is 17.8. The molecule has 1 fully saturated rings. The molecule has 2 atom stereocenters. The Bertz CT molecular complexity index is 834. The van der Waals surface area contributed by atoms with Crippen molar-refractivity contribution in [1.82, 2.24) is 5.32 Å². The van der Waals surface area contributed by atoms with Crippen LogP contribution in [0.5, 0.6) is 0 Å². The van der Waals surface area contributed by atoms with Gasteiger partial charge < -0.3 is 10.6 Å². The van der Waals surface area contributed by atoms with E-state index in [0.717, 1.165) is 22.9 Å². The lowest BCUT2D eigenvalue weighted by atomic mass is 10.1. The van der Waals surface area contributed by atoms with Crippen LogP contribution in [-0.2, 0) is 9.59 Å². The Morgan fingerprint density at radius 1 is 1.28 bits per heavy atom. The SMILES string of the molecule is CC[C@H](C)N=C1NC(=O)[C@@H](CC(=O)Nc2ccc3ccccc3c2)S1. The Kier molecular flexibility index (Phi) is 5.38. The lowest BCUT2D eigenvalue weighted by molar-refractivity contribution is -0.122. The average molecular weight is 355 g/mol. The number of hydrogen-bond donors (Lipinski definition) is 2. The van der Waals surface area contributed by atoms with Gasteiger partial charge in [-0.25, -0.2) is 0 Å². The Labute approximate surface area is 151 Å². The summed E-state index contributed by atoms with van der Waals surface area (Å²) >= 11 is 1.33. The first-order valence-electron chi connectivity index (χ1n) is 8.39. The number of nitrogens with one attached hydrogen (secondary N) is 2. The minimum absolute atomic E-state index is 0.128. The maximum atomic E-state index is 12.3. The molecule has 2 N–H and O–H groups in total. The topological polar surface area (TPSA) is 70.6 Å². The molecule has 1 aliphatic rings. The van der Waals surface area contributed by atoms with E-state index in [1.807, 2.05) is 56.3 Å². The fourth-order valence-electron chi connectivity index (χ4n) is 2.54. The summed E-state index contributed by atoms with van der Waals surface area (Å²) in [5.74, 6) is -0.326. The van der Waals surface area contributed by atoms with Crippen molar-refractivity contribution in [2.24, 2.45) is 4.99 Å². The summed E-state index contributed by atoms with van der Waals surface area (Å²) < 4.78 is 0. The monoisotopic (exact) mass is 355 g/mol. The van der Waals surface area contributed by atoms with Crippen LogP contribution in [-0.4, -0.2) is 28.3 Å². The fourth-order valence-corrected chi connectivity index (χ4v) is 3.61. The van der Waals surface area contributed by atoms with Gasteiger partial charge in [0.05, 0.1) is 0 Å². The van der Waals surface area contributed by atoms with E-state index in [2.05, 4.69) is 15.6 Å². The minimum atomic E-state index is -0.428. The number of aliphatic imine (C=N–C) groups is 1. The average Bonchev–Trinajstić information content (AvgIpc) is 2.93. The van der Waals surface area contributed by atoms with E-state index in [9.17, 15) is 9.59 Å². The van der Waals surface area contributed by atoms with Gasteiger partial charge in [0.2, 0.25) is 11.8 Å². The number of thioether (sulfide) groups is 1. The first-order valence-corrected chi connectivity index (χ1v) is 9.27. The molecule has 2 amide bonds. The number of benzene rings is 2. The lowest BCUT2D eigenvalue weighted by Gasteiger charge is -2.08. The number of amidine groups is 1. The number of hydrogen-bond acceptors (Lipinski definition) is 4. The molecule has 2 aromatic rings. The van der Waals surface area contributed by atoms with Crippen molar-refractivity contribution < 1.29 is 9.59 Å². The molecule has 130 valence electrons. The van der Waals surface area contributed by atoms with E-state index in [1.165, 1.54) is 11.8 Å². The van der Waals surface area contributed by atoms with Crippen LogP contribution in [0.15, 0.2) is 47.5 Å². The highest BCUT2D eigenvalue weighted by atomic mass is 32.2. The van der Waals surface area contributed by atoms with Crippen molar-refractivity contribution in [3.8, 4) is 0 Å². The van der Waals surface area contributed by atoms with Gasteiger partial charge in [-0.3, -0.25) is 14.6 Å². The normalized spacial score (nSPS) is 19.8. The molecule has 0 spiro atoms. The molecule has 0 aliphatic carbocycles. The van der Waals surface area contributed by atoms with Crippen LogP contribution in [0, 0.1) is 0 Å². The number of anilines is 1. The summed E-state index contributed by atoms with van der Waals surface area (Å²) in [4.78, 5) is 28.8. The number of nitrogens with zero attached hydrogens (tertiary/aromatic N) is 1. The first-order chi connectivity index (χ1) is 12.0. The second-order valence-corrected chi connectivity index (χ2v) is 7.29. The molecular weight excluding hydrogens is 334 g/mol. The third-order valence-corrected chi connectivity index (χ3v) is 5.20. The number of carbonyl (C=O) groups is 2. The molecule has 5 nitrogen and oxygen atoms in total. The van der Waals surface area contributed by atoms with E-state index in [1.54, 1.807) is 0 Å².